The predicted molar refractivity (Wildman–Crippen MR) is 118 cm³/mol. The lowest BCUT2D eigenvalue weighted by Gasteiger charge is -2.07. The number of hydrogen-bond donors (Lipinski definition) is 3. The second-order valence-electron chi connectivity index (χ2n) is 6.60. The normalized spacial score (nSPS) is 10.9. The number of nitrogens with one attached hydrogen (secondary N) is 3. The standard InChI is InChI=1S/C23H19N5O2/c29-22(25-17-7-2-1-3-8-17)15-23(30)26-18-9-11-19-20(27-28-21(19)14-18)12-10-16-6-4-5-13-24-16/h1-14H,15H2,(H,25,29)(H,26,30)(H,27,28). The van der Waals surface area contributed by atoms with E-state index in [1.54, 1.807) is 30.5 Å². The fourth-order valence-corrected chi connectivity index (χ4v) is 2.96. The van der Waals surface area contributed by atoms with E-state index < -0.39 is 5.91 Å². The Hall–Kier alpha value is -4.26. The van der Waals surface area contributed by atoms with Crippen molar-refractivity contribution >= 4 is 46.2 Å². The smallest absolute Gasteiger partial charge is 0.233 e. The van der Waals surface area contributed by atoms with Gasteiger partial charge in [0, 0.05) is 23.0 Å². The quantitative estimate of drug-likeness (QED) is 0.427. The lowest BCUT2D eigenvalue weighted by molar-refractivity contribution is -0.123. The highest BCUT2D eigenvalue weighted by Crippen LogP contribution is 2.22. The first kappa shape index (κ1) is 19.1. The minimum atomic E-state index is -0.391. The van der Waals surface area contributed by atoms with E-state index >= 15 is 0 Å². The van der Waals surface area contributed by atoms with Crippen LogP contribution in [0.5, 0.6) is 0 Å². The molecule has 0 bridgehead atoms. The Kier molecular flexibility index (Phi) is 5.61. The van der Waals surface area contributed by atoms with Gasteiger partial charge in [-0.3, -0.25) is 19.7 Å². The number of hydrogen-bond acceptors (Lipinski definition) is 4. The molecular formula is C23H19N5O2. The van der Waals surface area contributed by atoms with Gasteiger partial charge < -0.3 is 10.6 Å². The van der Waals surface area contributed by atoms with Crippen LogP contribution in [0.4, 0.5) is 11.4 Å². The number of anilines is 2. The Morgan fingerprint density at radius 3 is 2.40 bits per heavy atom. The van der Waals surface area contributed by atoms with Gasteiger partial charge in [-0.2, -0.15) is 5.10 Å². The molecule has 2 amide bonds. The molecule has 2 heterocycles. The van der Waals surface area contributed by atoms with E-state index in [-0.39, 0.29) is 12.3 Å². The number of pyridine rings is 1. The maximum absolute atomic E-state index is 12.2. The van der Waals surface area contributed by atoms with Crippen molar-refractivity contribution in [3.05, 3.63) is 84.3 Å². The van der Waals surface area contributed by atoms with Crippen molar-refractivity contribution < 1.29 is 9.59 Å². The first-order valence-corrected chi connectivity index (χ1v) is 9.39. The number of nitrogens with zero attached hydrogens (tertiary/aromatic N) is 2. The molecule has 2 aromatic heterocycles. The summed E-state index contributed by atoms with van der Waals surface area (Å²) in [6.07, 6.45) is 5.23. The van der Waals surface area contributed by atoms with Crippen molar-refractivity contribution in [2.45, 2.75) is 6.42 Å². The second-order valence-corrected chi connectivity index (χ2v) is 6.60. The Morgan fingerprint density at radius 2 is 1.63 bits per heavy atom. The number of carbonyl (C=O) groups is 2. The zero-order valence-electron chi connectivity index (χ0n) is 16.0. The van der Waals surface area contributed by atoms with Crippen molar-refractivity contribution in [2.24, 2.45) is 0 Å². The summed E-state index contributed by atoms with van der Waals surface area (Å²) in [6.45, 7) is 0. The molecule has 7 nitrogen and oxygen atoms in total. The van der Waals surface area contributed by atoms with Gasteiger partial charge in [0.2, 0.25) is 11.8 Å². The van der Waals surface area contributed by atoms with Gasteiger partial charge in [-0.1, -0.05) is 24.3 Å². The molecular weight excluding hydrogens is 378 g/mol. The highest BCUT2D eigenvalue weighted by atomic mass is 16.2. The summed E-state index contributed by atoms with van der Waals surface area (Å²) in [7, 11) is 0. The largest absolute Gasteiger partial charge is 0.326 e. The molecule has 0 saturated heterocycles. The molecule has 4 rings (SSSR count). The first-order valence-electron chi connectivity index (χ1n) is 9.39. The molecule has 4 aromatic rings. The molecule has 0 spiro atoms. The minimum absolute atomic E-state index is 0.270. The van der Waals surface area contributed by atoms with E-state index in [0.29, 0.717) is 11.4 Å². The van der Waals surface area contributed by atoms with Gasteiger partial charge in [-0.05, 0) is 54.6 Å². The van der Waals surface area contributed by atoms with E-state index in [1.807, 2.05) is 54.6 Å². The molecule has 0 radical (unpaired) electrons. The molecule has 30 heavy (non-hydrogen) atoms. The number of aromatic amines is 1. The maximum atomic E-state index is 12.2. The van der Waals surface area contributed by atoms with Crippen molar-refractivity contribution in [1.29, 1.82) is 0 Å². The average molecular weight is 397 g/mol. The van der Waals surface area contributed by atoms with Crippen LogP contribution in [0.25, 0.3) is 23.1 Å². The van der Waals surface area contributed by atoms with Gasteiger partial charge in [0.05, 0.1) is 16.9 Å². The number of benzene rings is 2. The van der Waals surface area contributed by atoms with Gasteiger partial charge in [0.15, 0.2) is 0 Å². The lowest BCUT2D eigenvalue weighted by atomic mass is 10.1. The molecule has 0 aliphatic heterocycles. The molecule has 0 saturated carbocycles. The minimum Gasteiger partial charge on any atom is -0.326 e. The number of rotatable bonds is 6. The van der Waals surface area contributed by atoms with Crippen LogP contribution in [-0.2, 0) is 9.59 Å². The maximum Gasteiger partial charge on any atom is 0.233 e. The number of aromatic nitrogens is 3. The van der Waals surface area contributed by atoms with Crippen LogP contribution in [0.1, 0.15) is 17.8 Å². The van der Waals surface area contributed by atoms with Crippen LogP contribution < -0.4 is 10.6 Å². The van der Waals surface area contributed by atoms with Gasteiger partial charge in [-0.15, -0.1) is 0 Å². The van der Waals surface area contributed by atoms with Crippen molar-refractivity contribution in [1.82, 2.24) is 15.2 Å². The lowest BCUT2D eigenvalue weighted by Crippen LogP contribution is -2.21. The van der Waals surface area contributed by atoms with Crippen molar-refractivity contribution in [3.63, 3.8) is 0 Å². The van der Waals surface area contributed by atoms with E-state index in [0.717, 1.165) is 22.3 Å². The summed E-state index contributed by atoms with van der Waals surface area (Å²) in [5.41, 5.74) is 3.63. The third kappa shape index (κ3) is 4.77. The van der Waals surface area contributed by atoms with Gasteiger partial charge >= 0.3 is 0 Å². The van der Waals surface area contributed by atoms with Crippen LogP contribution in [0.2, 0.25) is 0 Å². The fourth-order valence-electron chi connectivity index (χ4n) is 2.96. The van der Waals surface area contributed by atoms with Crippen LogP contribution in [-0.4, -0.2) is 27.0 Å². The zero-order chi connectivity index (χ0) is 20.8. The van der Waals surface area contributed by atoms with Gasteiger partial charge in [0.1, 0.15) is 6.42 Å². The number of fused-ring (bicyclic) bond motifs is 1. The summed E-state index contributed by atoms with van der Waals surface area (Å²) >= 11 is 0. The van der Waals surface area contributed by atoms with Crippen molar-refractivity contribution in [3.8, 4) is 0 Å². The summed E-state index contributed by atoms with van der Waals surface area (Å²) in [5, 5.41) is 13.6. The van der Waals surface area contributed by atoms with Crippen molar-refractivity contribution in [2.75, 3.05) is 10.6 Å². The molecule has 0 fully saturated rings. The molecule has 0 aliphatic rings. The first-order chi connectivity index (χ1) is 14.7. The van der Waals surface area contributed by atoms with Crippen LogP contribution in [0.15, 0.2) is 72.9 Å². The molecule has 3 N–H and O–H groups in total. The highest BCUT2D eigenvalue weighted by Gasteiger charge is 2.11. The number of para-hydroxylation sites is 1. The topological polar surface area (TPSA) is 99.8 Å². The van der Waals surface area contributed by atoms with E-state index in [9.17, 15) is 9.59 Å². The third-order valence-electron chi connectivity index (χ3n) is 4.35. The van der Waals surface area contributed by atoms with E-state index in [1.165, 1.54) is 0 Å². The van der Waals surface area contributed by atoms with Crippen LogP contribution in [0.3, 0.4) is 0 Å². The molecule has 0 aliphatic carbocycles. The summed E-state index contributed by atoms with van der Waals surface area (Å²) < 4.78 is 0. The van der Waals surface area contributed by atoms with Crippen LogP contribution >= 0.6 is 0 Å². The van der Waals surface area contributed by atoms with Crippen LogP contribution in [0, 0.1) is 0 Å². The Balaban J connectivity index is 1.39. The summed E-state index contributed by atoms with van der Waals surface area (Å²) in [6, 6.07) is 20.1. The van der Waals surface area contributed by atoms with E-state index in [4.69, 9.17) is 0 Å². The number of H-pyrrole nitrogens is 1. The summed E-state index contributed by atoms with van der Waals surface area (Å²) in [4.78, 5) is 28.5. The number of amides is 2. The Labute approximate surface area is 172 Å². The highest BCUT2D eigenvalue weighted by molar-refractivity contribution is 6.08. The third-order valence-corrected chi connectivity index (χ3v) is 4.35. The number of carbonyl (C=O) groups excluding carboxylic acids is 2. The average Bonchev–Trinajstić information content (AvgIpc) is 3.15. The molecule has 148 valence electrons. The predicted octanol–water partition coefficient (Wildman–Crippen LogP) is 4.10. The van der Waals surface area contributed by atoms with Gasteiger partial charge in [-0.25, -0.2) is 0 Å². The molecule has 0 atom stereocenters. The monoisotopic (exact) mass is 397 g/mol. The SMILES string of the molecule is O=C(CC(=O)Nc1ccc2c(C=Cc3ccccn3)n[nH]c2c1)Nc1ccccc1. The van der Waals surface area contributed by atoms with Gasteiger partial charge in [0.25, 0.3) is 0 Å². The fraction of sp³-hybridized carbons (Fsp3) is 0.0435. The molecule has 2 aromatic carbocycles. The Bertz CT molecular complexity index is 1200. The Morgan fingerprint density at radius 1 is 0.867 bits per heavy atom. The van der Waals surface area contributed by atoms with E-state index in [2.05, 4.69) is 25.8 Å². The zero-order valence-corrected chi connectivity index (χ0v) is 16.0. The second kappa shape index (κ2) is 8.83. The molecule has 7 heteroatoms. The molecule has 0 unspecified atom stereocenters. The summed E-state index contributed by atoms with van der Waals surface area (Å²) in [5.74, 6) is -0.763.